The van der Waals surface area contributed by atoms with Crippen molar-refractivity contribution in [1.29, 1.82) is 0 Å². The molecule has 90 valence electrons. The van der Waals surface area contributed by atoms with Gasteiger partial charge in [0, 0.05) is 17.0 Å². The molecule has 0 radical (unpaired) electrons. The van der Waals surface area contributed by atoms with Gasteiger partial charge in [-0.3, -0.25) is 0 Å². The highest BCUT2D eigenvalue weighted by atomic mass is 32.1. The smallest absolute Gasteiger partial charge is 0.236 e. The average molecular weight is 251 g/mol. The third-order valence-electron chi connectivity index (χ3n) is 3.21. The zero-order valence-electron chi connectivity index (χ0n) is 9.42. The van der Waals surface area contributed by atoms with Crippen LogP contribution in [0.25, 0.3) is 11.4 Å². The molecular weight excluding hydrogens is 238 g/mol. The number of thiophene rings is 1. The second kappa shape index (κ2) is 3.90. The van der Waals surface area contributed by atoms with E-state index in [1.807, 2.05) is 23.8 Å². The van der Waals surface area contributed by atoms with Crippen LogP contribution in [0.5, 0.6) is 0 Å². The Balaban J connectivity index is 1.95. The molecule has 0 amide bonds. The predicted octanol–water partition coefficient (Wildman–Crippen LogP) is 1.41. The first-order chi connectivity index (χ1) is 8.20. The summed E-state index contributed by atoms with van der Waals surface area (Å²) in [5, 5.41) is 7.96. The highest BCUT2D eigenvalue weighted by Crippen LogP contribution is 2.32. The number of ether oxygens (including phenoxy) is 1. The van der Waals surface area contributed by atoms with E-state index in [2.05, 4.69) is 10.1 Å². The molecule has 17 heavy (non-hydrogen) atoms. The van der Waals surface area contributed by atoms with Crippen molar-refractivity contribution in [1.82, 2.24) is 10.1 Å². The predicted molar refractivity (Wildman–Crippen MR) is 63.8 cm³/mol. The summed E-state index contributed by atoms with van der Waals surface area (Å²) < 4.78 is 10.7. The van der Waals surface area contributed by atoms with E-state index in [1.165, 1.54) is 0 Å². The lowest BCUT2D eigenvalue weighted by Crippen LogP contribution is -2.42. The van der Waals surface area contributed by atoms with Crippen LogP contribution in [0.3, 0.4) is 0 Å². The second-order valence-electron chi connectivity index (χ2n) is 4.47. The first-order valence-electron chi connectivity index (χ1n) is 5.40. The Hall–Kier alpha value is -1.24. The molecule has 2 unspecified atom stereocenters. The van der Waals surface area contributed by atoms with E-state index < -0.39 is 0 Å². The van der Waals surface area contributed by atoms with E-state index in [-0.39, 0.29) is 11.5 Å². The minimum Gasteiger partial charge on any atom is -0.379 e. The van der Waals surface area contributed by atoms with E-state index >= 15 is 0 Å². The second-order valence-corrected chi connectivity index (χ2v) is 5.25. The van der Waals surface area contributed by atoms with Crippen LogP contribution in [0, 0.1) is 0 Å². The maximum absolute atomic E-state index is 6.02. The minimum atomic E-state index is -0.374. The van der Waals surface area contributed by atoms with Gasteiger partial charge >= 0.3 is 0 Å². The normalized spacial score (nSPS) is 28.7. The van der Waals surface area contributed by atoms with Gasteiger partial charge in [-0.25, -0.2) is 0 Å². The molecule has 2 aromatic heterocycles. The van der Waals surface area contributed by atoms with Crippen LogP contribution in [0.1, 0.15) is 12.8 Å². The van der Waals surface area contributed by atoms with Crippen molar-refractivity contribution >= 4 is 11.3 Å². The van der Waals surface area contributed by atoms with E-state index in [0.29, 0.717) is 24.9 Å². The van der Waals surface area contributed by atoms with Gasteiger partial charge < -0.3 is 15.0 Å². The van der Waals surface area contributed by atoms with E-state index in [9.17, 15) is 0 Å². The fourth-order valence-electron chi connectivity index (χ4n) is 1.87. The van der Waals surface area contributed by atoms with E-state index in [1.54, 1.807) is 11.3 Å². The molecule has 2 atom stereocenters. The third-order valence-corrected chi connectivity index (χ3v) is 3.89. The molecule has 0 aliphatic carbocycles. The van der Waals surface area contributed by atoms with Crippen LogP contribution >= 0.6 is 11.3 Å². The highest BCUT2D eigenvalue weighted by Gasteiger charge is 2.44. The SMILES string of the molecule is CC1(c2nc(-c3ccsc3)no2)COCC1N. The van der Waals surface area contributed by atoms with Gasteiger partial charge in [0.05, 0.1) is 18.6 Å². The van der Waals surface area contributed by atoms with Crippen molar-refractivity contribution in [2.45, 2.75) is 18.4 Å². The number of nitrogens with zero attached hydrogens (tertiary/aromatic N) is 2. The fourth-order valence-corrected chi connectivity index (χ4v) is 2.51. The summed E-state index contributed by atoms with van der Waals surface area (Å²) >= 11 is 1.60. The van der Waals surface area contributed by atoms with Crippen molar-refractivity contribution in [2.24, 2.45) is 5.73 Å². The minimum absolute atomic E-state index is 0.0988. The monoisotopic (exact) mass is 251 g/mol. The standard InChI is InChI=1S/C11H13N3O2S/c1-11(6-15-4-8(11)12)10-13-9(14-16-10)7-2-3-17-5-7/h2-3,5,8H,4,6,12H2,1H3. The van der Waals surface area contributed by atoms with Gasteiger partial charge in [-0.2, -0.15) is 16.3 Å². The van der Waals surface area contributed by atoms with Gasteiger partial charge in [-0.05, 0) is 18.4 Å². The summed E-state index contributed by atoms with van der Waals surface area (Å²) in [7, 11) is 0. The van der Waals surface area contributed by atoms with Gasteiger partial charge in [0.25, 0.3) is 0 Å². The van der Waals surface area contributed by atoms with Gasteiger partial charge in [-0.15, -0.1) is 0 Å². The summed E-state index contributed by atoms with van der Waals surface area (Å²) in [6.07, 6.45) is 0. The Morgan fingerprint density at radius 3 is 3.12 bits per heavy atom. The van der Waals surface area contributed by atoms with Crippen molar-refractivity contribution in [3.63, 3.8) is 0 Å². The molecule has 3 heterocycles. The van der Waals surface area contributed by atoms with Crippen molar-refractivity contribution < 1.29 is 9.26 Å². The lowest BCUT2D eigenvalue weighted by atomic mass is 9.86. The number of hydrogen-bond donors (Lipinski definition) is 1. The zero-order chi connectivity index (χ0) is 11.9. The fraction of sp³-hybridized carbons (Fsp3) is 0.455. The van der Waals surface area contributed by atoms with Gasteiger partial charge in [-0.1, -0.05) is 5.16 Å². The molecule has 2 aromatic rings. The Morgan fingerprint density at radius 2 is 2.47 bits per heavy atom. The molecule has 0 aromatic carbocycles. The molecule has 1 fully saturated rings. The molecule has 0 saturated carbocycles. The van der Waals surface area contributed by atoms with Crippen molar-refractivity contribution in [3.8, 4) is 11.4 Å². The van der Waals surface area contributed by atoms with Crippen molar-refractivity contribution in [3.05, 3.63) is 22.7 Å². The van der Waals surface area contributed by atoms with Gasteiger partial charge in [0.2, 0.25) is 11.7 Å². The topological polar surface area (TPSA) is 74.2 Å². The molecule has 6 heteroatoms. The Kier molecular flexibility index (Phi) is 2.50. The molecule has 2 N–H and O–H groups in total. The Bertz CT molecular complexity index is 511. The van der Waals surface area contributed by atoms with Crippen LogP contribution in [-0.2, 0) is 10.2 Å². The number of nitrogens with two attached hydrogens (primary N) is 1. The quantitative estimate of drug-likeness (QED) is 0.873. The zero-order valence-corrected chi connectivity index (χ0v) is 10.2. The molecule has 5 nitrogen and oxygen atoms in total. The van der Waals surface area contributed by atoms with Crippen LogP contribution < -0.4 is 5.73 Å². The van der Waals surface area contributed by atoms with Crippen LogP contribution in [0.15, 0.2) is 21.3 Å². The molecule has 0 spiro atoms. The van der Waals surface area contributed by atoms with Gasteiger partial charge in [0.15, 0.2) is 0 Å². The maximum Gasteiger partial charge on any atom is 0.236 e. The first-order valence-corrected chi connectivity index (χ1v) is 6.34. The van der Waals surface area contributed by atoms with Crippen LogP contribution in [-0.4, -0.2) is 29.4 Å². The maximum atomic E-state index is 6.02. The molecular formula is C11H13N3O2S. The average Bonchev–Trinajstić information content (AvgIpc) is 3.01. The number of rotatable bonds is 2. The van der Waals surface area contributed by atoms with Crippen LogP contribution in [0.2, 0.25) is 0 Å². The summed E-state index contributed by atoms with van der Waals surface area (Å²) in [4.78, 5) is 4.43. The Labute approximate surface area is 103 Å². The largest absolute Gasteiger partial charge is 0.379 e. The molecule has 1 aliphatic rings. The summed E-state index contributed by atoms with van der Waals surface area (Å²) in [6.45, 7) is 3.06. The summed E-state index contributed by atoms with van der Waals surface area (Å²) in [5.41, 5.74) is 6.62. The highest BCUT2D eigenvalue weighted by molar-refractivity contribution is 7.08. The number of hydrogen-bond acceptors (Lipinski definition) is 6. The lowest BCUT2D eigenvalue weighted by molar-refractivity contribution is 0.169. The molecule has 3 rings (SSSR count). The van der Waals surface area contributed by atoms with E-state index in [4.69, 9.17) is 15.0 Å². The molecule has 0 bridgehead atoms. The summed E-state index contributed by atoms with van der Waals surface area (Å²) in [6, 6.07) is 1.87. The van der Waals surface area contributed by atoms with Crippen LogP contribution in [0.4, 0.5) is 0 Å². The third kappa shape index (κ3) is 1.69. The lowest BCUT2D eigenvalue weighted by Gasteiger charge is -2.21. The first kappa shape index (κ1) is 10.9. The molecule has 1 aliphatic heterocycles. The Morgan fingerprint density at radius 1 is 1.59 bits per heavy atom. The summed E-state index contributed by atoms with van der Waals surface area (Å²) in [5.74, 6) is 1.17. The van der Waals surface area contributed by atoms with Crippen molar-refractivity contribution in [2.75, 3.05) is 13.2 Å². The molecule has 1 saturated heterocycles. The van der Waals surface area contributed by atoms with E-state index in [0.717, 1.165) is 5.56 Å². The number of aromatic nitrogens is 2. The van der Waals surface area contributed by atoms with Gasteiger partial charge in [0.1, 0.15) is 0 Å².